The van der Waals surface area contributed by atoms with E-state index in [-0.39, 0.29) is 17.3 Å². The number of benzene rings is 2. The zero-order chi connectivity index (χ0) is 20.1. The molecule has 9 heteroatoms. The van der Waals surface area contributed by atoms with Crippen LogP contribution in [0.15, 0.2) is 46.3 Å². The largest absolute Gasteiger partial charge is 0.454 e. The lowest BCUT2D eigenvalue weighted by atomic mass is 10.2. The number of carbonyl (C=O) groups excluding carboxylic acids is 1. The van der Waals surface area contributed by atoms with Crippen LogP contribution >= 0.6 is 11.3 Å². The number of hydrogen-bond donors (Lipinski definition) is 0. The molecule has 0 saturated carbocycles. The molecule has 0 radical (unpaired) electrons. The van der Waals surface area contributed by atoms with Crippen molar-refractivity contribution in [2.24, 2.45) is 12.0 Å². The number of nitrogens with zero attached hydrogens (tertiary/aromatic N) is 2. The highest BCUT2D eigenvalue weighted by molar-refractivity contribution is 7.92. The van der Waals surface area contributed by atoms with Crippen molar-refractivity contribution in [3.05, 3.63) is 46.8 Å². The highest BCUT2D eigenvalue weighted by Gasteiger charge is 2.21. The summed E-state index contributed by atoms with van der Waals surface area (Å²) in [6.45, 7) is 3.41. The number of carbonyl (C=O) groups is 1. The quantitative estimate of drug-likeness (QED) is 0.653. The molecule has 4 rings (SSSR count). The molecule has 7 nitrogen and oxygen atoms in total. The van der Waals surface area contributed by atoms with Gasteiger partial charge in [-0.3, -0.25) is 4.79 Å². The maximum atomic E-state index is 12.7. The Bertz CT molecular complexity index is 1270. The number of aromatic nitrogens is 1. The van der Waals surface area contributed by atoms with Crippen molar-refractivity contribution in [2.75, 3.05) is 6.79 Å². The van der Waals surface area contributed by atoms with Crippen LogP contribution in [0.3, 0.4) is 0 Å². The molecule has 0 saturated heterocycles. The van der Waals surface area contributed by atoms with E-state index in [9.17, 15) is 13.2 Å². The van der Waals surface area contributed by atoms with Crippen molar-refractivity contribution >= 4 is 37.3 Å². The molecular formula is C19H18N2O5S2. The molecule has 1 aliphatic heterocycles. The van der Waals surface area contributed by atoms with Gasteiger partial charge >= 0.3 is 0 Å². The smallest absolute Gasteiger partial charge is 0.279 e. The standard InChI is InChI=1S/C19H18N2O5S2/c1-11(2)28(23,24)13-6-4-5-12(7-13)18(22)20-19-21(3)14-8-15-16(26-10-25-15)9-17(14)27-19/h4-9,11H,10H2,1-3H3. The predicted octanol–water partition coefficient (Wildman–Crippen LogP) is 2.89. The summed E-state index contributed by atoms with van der Waals surface area (Å²) in [5, 5.41) is -0.568. The van der Waals surface area contributed by atoms with E-state index in [2.05, 4.69) is 4.99 Å². The van der Waals surface area contributed by atoms with Gasteiger partial charge in [-0.25, -0.2) is 8.42 Å². The van der Waals surface area contributed by atoms with E-state index < -0.39 is 21.0 Å². The summed E-state index contributed by atoms with van der Waals surface area (Å²) in [7, 11) is -1.65. The van der Waals surface area contributed by atoms with E-state index in [1.807, 2.05) is 19.2 Å². The maximum absolute atomic E-state index is 12.7. The van der Waals surface area contributed by atoms with E-state index in [0.29, 0.717) is 16.3 Å². The number of aryl methyl sites for hydroxylation is 1. The minimum atomic E-state index is -3.46. The lowest BCUT2D eigenvalue weighted by molar-refractivity contribution is 0.0997. The molecule has 1 aromatic heterocycles. The maximum Gasteiger partial charge on any atom is 0.279 e. The predicted molar refractivity (Wildman–Crippen MR) is 106 cm³/mol. The lowest BCUT2D eigenvalue weighted by Gasteiger charge is -2.08. The Hall–Kier alpha value is -2.65. The van der Waals surface area contributed by atoms with Gasteiger partial charge in [0.15, 0.2) is 26.1 Å². The van der Waals surface area contributed by atoms with Crippen molar-refractivity contribution in [1.29, 1.82) is 0 Å². The number of hydrogen-bond acceptors (Lipinski definition) is 6. The normalized spacial score (nSPS) is 14.2. The molecular weight excluding hydrogens is 400 g/mol. The van der Waals surface area contributed by atoms with Crippen LogP contribution in [0.1, 0.15) is 24.2 Å². The van der Waals surface area contributed by atoms with Gasteiger partial charge in [-0.15, -0.1) is 0 Å². The summed E-state index contributed by atoms with van der Waals surface area (Å²) in [6, 6.07) is 9.71. The summed E-state index contributed by atoms with van der Waals surface area (Å²) in [5.74, 6) is 0.826. The molecule has 146 valence electrons. The Morgan fingerprint density at radius 3 is 2.61 bits per heavy atom. The average molecular weight is 418 g/mol. The van der Waals surface area contributed by atoms with Gasteiger partial charge in [0.05, 0.1) is 20.4 Å². The van der Waals surface area contributed by atoms with E-state index in [0.717, 1.165) is 10.2 Å². The van der Waals surface area contributed by atoms with Crippen LogP contribution in [0.5, 0.6) is 11.5 Å². The van der Waals surface area contributed by atoms with Gasteiger partial charge in [0.25, 0.3) is 5.91 Å². The lowest BCUT2D eigenvalue weighted by Crippen LogP contribution is -2.15. The molecule has 0 bridgehead atoms. The Morgan fingerprint density at radius 2 is 1.89 bits per heavy atom. The van der Waals surface area contributed by atoms with E-state index in [1.54, 1.807) is 30.5 Å². The second kappa shape index (κ2) is 6.75. The molecule has 0 unspecified atom stereocenters. The fourth-order valence-electron chi connectivity index (χ4n) is 2.85. The molecule has 0 N–H and O–H groups in total. The summed E-state index contributed by atoms with van der Waals surface area (Å²) in [5.41, 5.74) is 1.10. The molecule has 0 aliphatic carbocycles. The minimum absolute atomic E-state index is 0.120. The minimum Gasteiger partial charge on any atom is -0.454 e. The highest BCUT2D eigenvalue weighted by atomic mass is 32.2. The number of sulfone groups is 1. The molecule has 0 fully saturated rings. The Balaban J connectivity index is 1.76. The second-order valence-electron chi connectivity index (χ2n) is 6.66. The van der Waals surface area contributed by atoms with Crippen molar-refractivity contribution in [3.8, 4) is 11.5 Å². The van der Waals surface area contributed by atoms with Crippen LogP contribution in [-0.2, 0) is 16.9 Å². The first-order chi connectivity index (χ1) is 13.3. The fraction of sp³-hybridized carbons (Fsp3) is 0.263. The van der Waals surface area contributed by atoms with Crippen LogP contribution < -0.4 is 14.3 Å². The van der Waals surface area contributed by atoms with Crippen LogP contribution in [-0.4, -0.2) is 30.9 Å². The zero-order valence-electron chi connectivity index (χ0n) is 15.5. The number of ether oxygens (including phenoxy) is 2. The van der Waals surface area contributed by atoms with Gasteiger partial charge in [0.1, 0.15) is 0 Å². The summed E-state index contributed by atoms with van der Waals surface area (Å²) < 4.78 is 38.2. The topological polar surface area (TPSA) is 87.0 Å². The number of amides is 1. The van der Waals surface area contributed by atoms with Crippen molar-refractivity contribution in [2.45, 2.75) is 24.0 Å². The first-order valence-electron chi connectivity index (χ1n) is 8.59. The summed E-state index contributed by atoms with van der Waals surface area (Å²) in [4.78, 5) is 17.5. The third kappa shape index (κ3) is 3.10. The third-order valence-electron chi connectivity index (χ3n) is 4.53. The van der Waals surface area contributed by atoms with E-state index in [4.69, 9.17) is 9.47 Å². The van der Waals surface area contributed by atoms with Crippen molar-refractivity contribution < 1.29 is 22.7 Å². The van der Waals surface area contributed by atoms with E-state index >= 15 is 0 Å². The zero-order valence-corrected chi connectivity index (χ0v) is 17.1. The van der Waals surface area contributed by atoms with E-state index in [1.165, 1.54) is 23.5 Å². The number of thiazole rings is 1. The number of fused-ring (bicyclic) bond motifs is 2. The first-order valence-corrected chi connectivity index (χ1v) is 11.0. The fourth-order valence-corrected chi connectivity index (χ4v) is 4.98. The Labute approximate surface area is 165 Å². The third-order valence-corrected chi connectivity index (χ3v) is 7.78. The molecule has 0 spiro atoms. The molecule has 1 amide bonds. The Kier molecular flexibility index (Phi) is 4.51. The molecule has 1 aliphatic rings. The SMILES string of the molecule is CC(C)S(=O)(=O)c1cccc(C(=O)N=c2sc3cc4c(cc3n2C)OCO4)c1. The molecule has 3 aromatic rings. The van der Waals surface area contributed by atoms with Gasteiger partial charge in [0, 0.05) is 24.7 Å². The van der Waals surface area contributed by atoms with Gasteiger partial charge in [-0.05, 0) is 32.0 Å². The molecule has 2 aromatic carbocycles. The second-order valence-corrected chi connectivity index (χ2v) is 10.2. The van der Waals surface area contributed by atoms with Gasteiger partial charge in [-0.1, -0.05) is 17.4 Å². The van der Waals surface area contributed by atoms with Gasteiger partial charge in [0.2, 0.25) is 6.79 Å². The van der Waals surface area contributed by atoms with Crippen molar-refractivity contribution in [1.82, 2.24) is 4.57 Å². The van der Waals surface area contributed by atoms with Crippen molar-refractivity contribution in [3.63, 3.8) is 0 Å². The molecule has 2 heterocycles. The van der Waals surface area contributed by atoms with Crippen LogP contribution in [0.2, 0.25) is 0 Å². The van der Waals surface area contributed by atoms with Gasteiger partial charge < -0.3 is 14.0 Å². The first kappa shape index (κ1) is 18.7. The summed E-state index contributed by atoms with van der Waals surface area (Å²) >= 11 is 1.35. The van der Waals surface area contributed by atoms with Crippen LogP contribution in [0, 0.1) is 0 Å². The number of rotatable bonds is 3. The van der Waals surface area contributed by atoms with Gasteiger partial charge in [-0.2, -0.15) is 4.99 Å². The monoisotopic (exact) mass is 418 g/mol. The highest BCUT2D eigenvalue weighted by Crippen LogP contribution is 2.36. The molecule has 0 atom stereocenters. The molecule has 28 heavy (non-hydrogen) atoms. The average Bonchev–Trinajstić information content (AvgIpc) is 3.24. The summed E-state index contributed by atoms with van der Waals surface area (Å²) in [6.07, 6.45) is 0. The van der Waals surface area contributed by atoms with Crippen LogP contribution in [0.4, 0.5) is 0 Å². The Morgan fingerprint density at radius 1 is 1.18 bits per heavy atom. The van der Waals surface area contributed by atoms with Crippen LogP contribution in [0.25, 0.3) is 10.2 Å².